The van der Waals surface area contributed by atoms with Crippen LogP contribution in [0.2, 0.25) is 0 Å². The number of rotatable bonds is 17. The van der Waals surface area contributed by atoms with Gasteiger partial charge in [-0.1, -0.05) is 131 Å². The lowest BCUT2D eigenvalue weighted by molar-refractivity contribution is -0.265. The molecule has 282 valence electrons. The van der Waals surface area contributed by atoms with E-state index >= 15 is 0 Å². The molecule has 0 aromatic heterocycles. The van der Waals surface area contributed by atoms with Crippen molar-refractivity contribution < 1.29 is 15.0 Å². The van der Waals surface area contributed by atoms with E-state index in [0.717, 1.165) is 49.4 Å². The predicted octanol–water partition coefficient (Wildman–Crippen LogP) is 13.3. The maximum absolute atomic E-state index is 12.4. The zero-order chi connectivity index (χ0) is 35.7. The fourth-order valence-electron chi connectivity index (χ4n) is 14.6. The Morgan fingerprint density at radius 3 is 1.78 bits per heavy atom. The zero-order valence-electron chi connectivity index (χ0n) is 33.6. The van der Waals surface area contributed by atoms with Crippen LogP contribution in [0, 0.1) is 56.7 Å². The van der Waals surface area contributed by atoms with Crippen molar-refractivity contribution >= 4 is 5.97 Å². The molecule has 0 radical (unpaired) electrons. The fraction of sp³-hybridized carbons (Fsp3) is 0.935. The molecule has 2 N–H and O–H groups in total. The molecule has 10 atom stereocenters. The van der Waals surface area contributed by atoms with E-state index in [0.29, 0.717) is 34.0 Å². The maximum Gasteiger partial charge on any atom is 0.303 e. The van der Waals surface area contributed by atoms with Crippen LogP contribution in [-0.2, 0) is 4.79 Å². The van der Waals surface area contributed by atoms with E-state index in [1.54, 1.807) is 0 Å². The smallest absolute Gasteiger partial charge is 0.303 e. The average Bonchev–Trinajstić information content (AvgIpc) is 3.39. The number of carboxylic acids is 1. The Kier molecular flexibility index (Phi) is 12.3. The Labute approximate surface area is 303 Å². The zero-order valence-corrected chi connectivity index (χ0v) is 33.6. The summed E-state index contributed by atoms with van der Waals surface area (Å²) in [6.45, 7) is 22.7. The van der Waals surface area contributed by atoms with E-state index in [4.69, 9.17) is 5.11 Å². The van der Waals surface area contributed by atoms with Crippen molar-refractivity contribution in [2.45, 2.75) is 215 Å². The molecular weight excluding hydrogens is 601 g/mol. The van der Waals surface area contributed by atoms with Crippen molar-refractivity contribution in [1.29, 1.82) is 0 Å². The second kappa shape index (κ2) is 15.3. The van der Waals surface area contributed by atoms with Gasteiger partial charge in [0.2, 0.25) is 0 Å². The first-order chi connectivity index (χ1) is 23.1. The first-order valence-corrected chi connectivity index (χ1v) is 21.7. The Bertz CT molecular complexity index is 1140. The van der Waals surface area contributed by atoms with E-state index in [1.165, 1.54) is 134 Å². The summed E-state index contributed by atoms with van der Waals surface area (Å²) in [5.74, 6) is 3.15. The third-order valence-corrected chi connectivity index (χ3v) is 17.9. The number of aliphatic hydroxyl groups is 1. The van der Waals surface area contributed by atoms with Gasteiger partial charge in [0, 0.05) is 6.42 Å². The third-order valence-electron chi connectivity index (χ3n) is 17.9. The molecule has 5 aliphatic carbocycles. The molecular formula is C46H80O3. The summed E-state index contributed by atoms with van der Waals surface area (Å²) >= 11 is 0. The van der Waals surface area contributed by atoms with Gasteiger partial charge in [-0.3, -0.25) is 4.79 Å². The van der Waals surface area contributed by atoms with Crippen LogP contribution >= 0.6 is 0 Å². The van der Waals surface area contributed by atoms with Crippen LogP contribution in [-0.4, -0.2) is 21.8 Å². The summed E-state index contributed by atoms with van der Waals surface area (Å²) < 4.78 is 0. The second-order valence-corrected chi connectivity index (χ2v) is 20.6. The summed E-state index contributed by atoms with van der Waals surface area (Å²) in [6.07, 6.45) is 30.8. The number of carbonyl (C=O) groups is 1. The van der Waals surface area contributed by atoms with Crippen LogP contribution < -0.4 is 0 Å². The normalized spacial score (nSPS) is 42.5. The average molecular weight is 681 g/mol. The lowest BCUT2D eigenvalue weighted by Gasteiger charge is -2.73. The van der Waals surface area contributed by atoms with Gasteiger partial charge in [-0.25, -0.2) is 0 Å². The van der Waals surface area contributed by atoms with E-state index in [9.17, 15) is 9.90 Å². The van der Waals surface area contributed by atoms with Crippen molar-refractivity contribution in [3.05, 3.63) is 12.2 Å². The van der Waals surface area contributed by atoms with Crippen LogP contribution in [0.15, 0.2) is 12.2 Å². The molecule has 0 saturated heterocycles. The molecule has 49 heavy (non-hydrogen) atoms. The first-order valence-electron chi connectivity index (χ1n) is 21.7. The number of unbranched alkanes of at least 4 members (excludes halogenated alkanes) is 12. The molecule has 5 rings (SSSR count). The third kappa shape index (κ3) is 7.26. The molecule has 0 heterocycles. The van der Waals surface area contributed by atoms with Gasteiger partial charge in [0.25, 0.3) is 0 Å². The number of aliphatic carboxylic acids is 1. The number of hydrogen-bond donors (Lipinski definition) is 2. The van der Waals surface area contributed by atoms with Crippen molar-refractivity contribution in [2.24, 2.45) is 56.7 Å². The summed E-state index contributed by atoms with van der Waals surface area (Å²) in [5.41, 5.74) is 2.59. The molecule has 5 saturated carbocycles. The standard InChI is InChI=1S/C46H80O3/c1-34(2)35-25-28-42(5)30-32-44(7)36(40(35)42)23-24-38-43(6)31-33-46(49,41(3,4)37(43)26-29-45(38,44)8)27-21-19-17-15-13-11-9-10-12-14-16-18-20-22-39(47)48/h35-38,40,49H,1,9-33H2,2-8H3,(H,47,48)/t35-,36+,37-,38+,40+,42+,43-,44+,45+,46+/m0/s1. The Morgan fingerprint density at radius 2 is 1.20 bits per heavy atom. The highest BCUT2D eigenvalue weighted by molar-refractivity contribution is 5.66. The Balaban J connectivity index is 1.09. The molecule has 0 bridgehead atoms. The molecule has 3 heteroatoms. The Morgan fingerprint density at radius 1 is 0.633 bits per heavy atom. The van der Waals surface area contributed by atoms with E-state index in [1.807, 2.05) is 0 Å². The van der Waals surface area contributed by atoms with Gasteiger partial charge in [-0.05, 0) is 141 Å². The molecule has 0 amide bonds. The summed E-state index contributed by atoms with van der Waals surface area (Å²) in [7, 11) is 0. The summed E-state index contributed by atoms with van der Waals surface area (Å²) in [5, 5.41) is 21.2. The fourth-order valence-corrected chi connectivity index (χ4v) is 14.6. The molecule has 0 aromatic carbocycles. The van der Waals surface area contributed by atoms with E-state index in [2.05, 4.69) is 55.0 Å². The van der Waals surface area contributed by atoms with Gasteiger partial charge in [-0.15, -0.1) is 0 Å². The second-order valence-electron chi connectivity index (χ2n) is 20.6. The first kappa shape index (κ1) is 39.4. The SMILES string of the molecule is C=C(C)[C@@H]1CC[C@]2(C)CC[C@]3(C)[C@H](CC[C@@H]4[C@@]5(C)CC[C@](O)(CCCCCCCCCCCCCCCC(=O)O)C(C)(C)[C@@H]5CC[C@]43C)[C@@H]12. The maximum atomic E-state index is 12.4. The van der Waals surface area contributed by atoms with Crippen LogP contribution in [0.25, 0.3) is 0 Å². The molecule has 3 nitrogen and oxygen atoms in total. The number of carboxylic acid groups (broad SMARTS) is 1. The van der Waals surface area contributed by atoms with Crippen LogP contribution in [0.3, 0.4) is 0 Å². The van der Waals surface area contributed by atoms with E-state index in [-0.39, 0.29) is 5.41 Å². The predicted molar refractivity (Wildman–Crippen MR) is 206 cm³/mol. The quantitative estimate of drug-likeness (QED) is 0.119. The number of allylic oxidation sites excluding steroid dienone is 1. The van der Waals surface area contributed by atoms with Crippen molar-refractivity contribution in [2.75, 3.05) is 0 Å². The van der Waals surface area contributed by atoms with Crippen LogP contribution in [0.1, 0.15) is 209 Å². The molecule has 0 aliphatic heterocycles. The summed E-state index contributed by atoms with van der Waals surface area (Å²) in [4.78, 5) is 10.6. The number of hydrogen-bond acceptors (Lipinski definition) is 2. The topological polar surface area (TPSA) is 57.5 Å². The van der Waals surface area contributed by atoms with Gasteiger partial charge in [-0.2, -0.15) is 0 Å². The molecule has 0 spiro atoms. The molecule has 0 aromatic rings. The van der Waals surface area contributed by atoms with Crippen molar-refractivity contribution in [3.8, 4) is 0 Å². The van der Waals surface area contributed by atoms with Crippen LogP contribution in [0.5, 0.6) is 0 Å². The lowest BCUT2D eigenvalue weighted by Crippen LogP contribution is -2.68. The monoisotopic (exact) mass is 681 g/mol. The van der Waals surface area contributed by atoms with Gasteiger partial charge in [0.15, 0.2) is 0 Å². The largest absolute Gasteiger partial charge is 0.481 e. The molecule has 0 unspecified atom stereocenters. The van der Waals surface area contributed by atoms with Crippen molar-refractivity contribution in [1.82, 2.24) is 0 Å². The molecule has 5 aliphatic rings. The van der Waals surface area contributed by atoms with Crippen LogP contribution in [0.4, 0.5) is 0 Å². The highest BCUT2D eigenvalue weighted by Gasteiger charge is 2.71. The van der Waals surface area contributed by atoms with Gasteiger partial charge in [0.05, 0.1) is 5.60 Å². The Hall–Kier alpha value is -0.830. The minimum Gasteiger partial charge on any atom is -0.481 e. The van der Waals surface area contributed by atoms with Gasteiger partial charge < -0.3 is 10.2 Å². The highest BCUT2D eigenvalue weighted by Crippen LogP contribution is 2.78. The molecule has 5 fully saturated rings. The summed E-state index contributed by atoms with van der Waals surface area (Å²) in [6, 6.07) is 0. The minimum absolute atomic E-state index is 0.0308. The van der Waals surface area contributed by atoms with Crippen molar-refractivity contribution in [3.63, 3.8) is 0 Å². The van der Waals surface area contributed by atoms with Gasteiger partial charge >= 0.3 is 5.97 Å². The number of fused-ring (bicyclic) bond motifs is 7. The van der Waals surface area contributed by atoms with Gasteiger partial charge in [0.1, 0.15) is 0 Å². The highest BCUT2D eigenvalue weighted by atomic mass is 16.4. The lowest BCUT2D eigenvalue weighted by atomic mass is 9.31. The van der Waals surface area contributed by atoms with E-state index < -0.39 is 11.6 Å². The minimum atomic E-state index is -0.660.